The molecule has 104 valence electrons. The summed E-state index contributed by atoms with van der Waals surface area (Å²) in [4.78, 5) is 11.9. The van der Waals surface area contributed by atoms with E-state index in [2.05, 4.69) is 33.2 Å². The number of anilines is 2. The Morgan fingerprint density at radius 1 is 1.20 bits per heavy atom. The molecule has 0 aliphatic rings. The minimum Gasteiger partial charge on any atom is -0.497 e. The SMILES string of the molecule is COc1cccc(NC(=O)Nc2ccc(Cl)cc2I)c1. The van der Waals surface area contributed by atoms with Gasteiger partial charge in [-0.15, -0.1) is 0 Å². The number of nitrogens with one attached hydrogen (secondary N) is 2. The van der Waals surface area contributed by atoms with Crippen LogP contribution in [0.4, 0.5) is 16.2 Å². The first-order chi connectivity index (χ1) is 9.58. The zero-order valence-electron chi connectivity index (χ0n) is 10.6. The molecule has 0 aliphatic carbocycles. The van der Waals surface area contributed by atoms with Gasteiger partial charge in [-0.2, -0.15) is 0 Å². The van der Waals surface area contributed by atoms with E-state index in [4.69, 9.17) is 16.3 Å². The number of urea groups is 1. The molecule has 0 unspecified atom stereocenters. The molecule has 2 aromatic rings. The zero-order valence-corrected chi connectivity index (χ0v) is 13.5. The van der Waals surface area contributed by atoms with Gasteiger partial charge in [0.05, 0.1) is 12.8 Å². The molecule has 0 bridgehead atoms. The predicted molar refractivity (Wildman–Crippen MR) is 89.8 cm³/mol. The molecule has 0 heterocycles. The third kappa shape index (κ3) is 4.01. The number of amides is 2. The van der Waals surface area contributed by atoms with Gasteiger partial charge >= 0.3 is 6.03 Å². The van der Waals surface area contributed by atoms with Crippen LogP contribution in [0.5, 0.6) is 5.75 Å². The van der Waals surface area contributed by atoms with Crippen LogP contribution in [0.15, 0.2) is 42.5 Å². The standard InChI is InChI=1S/C14H12ClIN2O2/c1-20-11-4-2-3-10(8-11)17-14(19)18-13-6-5-9(15)7-12(13)16/h2-8H,1H3,(H2,17,18,19). The third-order valence-electron chi connectivity index (χ3n) is 2.51. The highest BCUT2D eigenvalue weighted by atomic mass is 127. The minimum absolute atomic E-state index is 0.321. The van der Waals surface area contributed by atoms with Crippen molar-refractivity contribution in [3.05, 3.63) is 51.1 Å². The monoisotopic (exact) mass is 402 g/mol. The summed E-state index contributed by atoms with van der Waals surface area (Å²) in [6.07, 6.45) is 0. The number of carbonyl (C=O) groups is 1. The maximum absolute atomic E-state index is 11.9. The van der Waals surface area contributed by atoms with Gasteiger partial charge < -0.3 is 15.4 Å². The highest BCUT2D eigenvalue weighted by Gasteiger charge is 2.06. The van der Waals surface area contributed by atoms with Gasteiger partial charge in [-0.1, -0.05) is 17.7 Å². The van der Waals surface area contributed by atoms with E-state index in [1.165, 1.54) is 0 Å². The predicted octanol–water partition coefficient (Wildman–Crippen LogP) is 4.60. The van der Waals surface area contributed by atoms with Crippen molar-refractivity contribution in [1.29, 1.82) is 0 Å². The molecule has 0 atom stereocenters. The van der Waals surface area contributed by atoms with Crippen molar-refractivity contribution >= 4 is 51.6 Å². The van der Waals surface area contributed by atoms with Crippen LogP contribution in [0, 0.1) is 3.57 Å². The fourth-order valence-corrected chi connectivity index (χ4v) is 2.58. The first-order valence-corrected chi connectivity index (χ1v) is 7.21. The van der Waals surface area contributed by atoms with Gasteiger partial charge in [0.2, 0.25) is 0 Å². The lowest BCUT2D eigenvalue weighted by atomic mass is 10.3. The minimum atomic E-state index is -0.321. The summed E-state index contributed by atoms with van der Waals surface area (Å²) in [5, 5.41) is 6.14. The Hall–Kier alpha value is -1.47. The van der Waals surface area contributed by atoms with E-state index in [0.717, 1.165) is 3.57 Å². The molecule has 20 heavy (non-hydrogen) atoms. The van der Waals surface area contributed by atoms with Crippen LogP contribution in [0.3, 0.4) is 0 Å². The van der Waals surface area contributed by atoms with Crippen molar-refractivity contribution in [3.63, 3.8) is 0 Å². The number of ether oxygens (including phenoxy) is 1. The Morgan fingerprint density at radius 3 is 2.70 bits per heavy atom. The number of carbonyl (C=O) groups excluding carboxylic acids is 1. The van der Waals surface area contributed by atoms with E-state index in [1.807, 2.05) is 6.07 Å². The molecule has 2 aromatic carbocycles. The zero-order chi connectivity index (χ0) is 14.5. The fourth-order valence-electron chi connectivity index (χ4n) is 1.58. The molecular weight excluding hydrogens is 391 g/mol. The van der Waals surface area contributed by atoms with Crippen LogP contribution in [-0.4, -0.2) is 13.1 Å². The van der Waals surface area contributed by atoms with E-state index in [0.29, 0.717) is 22.1 Å². The Kier molecular flexibility index (Phi) is 5.08. The van der Waals surface area contributed by atoms with Gasteiger partial charge in [0, 0.05) is 20.3 Å². The van der Waals surface area contributed by atoms with Crippen molar-refractivity contribution in [1.82, 2.24) is 0 Å². The van der Waals surface area contributed by atoms with Crippen molar-refractivity contribution in [2.75, 3.05) is 17.7 Å². The molecule has 2 N–H and O–H groups in total. The quantitative estimate of drug-likeness (QED) is 0.737. The molecule has 4 nitrogen and oxygen atoms in total. The molecule has 0 saturated carbocycles. The van der Waals surface area contributed by atoms with Gasteiger partial charge in [-0.05, 0) is 52.9 Å². The summed E-state index contributed by atoms with van der Waals surface area (Å²) in [7, 11) is 1.58. The number of halogens is 2. The summed E-state index contributed by atoms with van der Waals surface area (Å²) in [5.41, 5.74) is 1.36. The normalized spacial score (nSPS) is 9.95. The lowest BCUT2D eigenvalue weighted by Crippen LogP contribution is -2.19. The Balaban J connectivity index is 2.05. The first kappa shape index (κ1) is 14.9. The number of benzene rings is 2. The Bertz CT molecular complexity index is 634. The second-order valence-electron chi connectivity index (χ2n) is 3.94. The van der Waals surface area contributed by atoms with Crippen LogP contribution < -0.4 is 15.4 Å². The Morgan fingerprint density at radius 2 is 2.00 bits per heavy atom. The van der Waals surface area contributed by atoms with Crippen molar-refractivity contribution in [2.24, 2.45) is 0 Å². The molecule has 0 fully saturated rings. The number of methoxy groups -OCH3 is 1. The second kappa shape index (κ2) is 6.81. The van der Waals surface area contributed by atoms with Crippen molar-refractivity contribution in [2.45, 2.75) is 0 Å². The fraction of sp³-hybridized carbons (Fsp3) is 0.0714. The van der Waals surface area contributed by atoms with Crippen LogP contribution in [0.25, 0.3) is 0 Å². The molecule has 2 amide bonds. The lowest BCUT2D eigenvalue weighted by molar-refractivity contribution is 0.262. The summed E-state index contributed by atoms with van der Waals surface area (Å²) in [6.45, 7) is 0. The van der Waals surface area contributed by atoms with Gasteiger partial charge in [0.25, 0.3) is 0 Å². The smallest absolute Gasteiger partial charge is 0.323 e. The van der Waals surface area contributed by atoms with E-state index >= 15 is 0 Å². The molecular formula is C14H12ClIN2O2. The molecule has 0 radical (unpaired) electrons. The van der Waals surface area contributed by atoms with Gasteiger partial charge in [-0.3, -0.25) is 0 Å². The Labute approximate surface area is 135 Å². The molecule has 0 aromatic heterocycles. The average Bonchev–Trinajstić information content (AvgIpc) is 2.42. The highest BCUT2D eigenvalue weighted by Crippen LogP contribution is 2.23. The van der Waals surface area contributed by atoms with Crippen molar-refractivity contribution < 1.29 is 9.53 Å². The van der Waals surface area contributed by atoms with Crippen LogP contribution in [0.2, 0.25) is 5.02 Å². The maximum Gasteiger partial charge on any atom is 0.323 e. The van der Waals surface area contributed by atoms with E-state index in [1.54, 1.807) is 43.5 Å². The summed E-state index contributed by atoms with van der Waals surface area (Å²) in [5.74, 6) is 0.684. The summed E-state index contributed by atoms with van der Waals surface area (Å²) < 4.78 is 5.97. The van der Waals surface area contributed by atoms with E-state index in [-0.39, 0.29) is 6.03 Å². The van der Waals surface area contributed by atoms with E-state index < -0.39 is 0 Å². The van der Waals surface area contributed by atoms with Crippen LogP contribution >= 0.6 is 34.2 Å². The molecule has 0 saturated heterocycles. The number of hydrogen-bond acceptors (Lipinski definition) is 2. The lowest BCUT2D eigenvalue weighted by Gasteiger charge is -2.10. The summed E-state index contributed by atoms with van der Waals surface area (Å²) in [6, 6.07) is 12.1. The summed E-state index contributed by atoms with van der Waals surface area (Å²) >= 11 is 7.98. The third-order valence-corrected chi connectivity index (χ3v) is 3.63. The van der Waals surface area contributed by atoms with Gasteiger partial charge in [0.15, 0.2) is 0 Å². The topological polar surface area (TPSA) is 50.4 Å². The number of rotatable bonds is 3. The molecule has 0 aliphatic heterocycles. The largest absolute Gasteiger partial charge is 0.497 e. The molecule has 0 spiro atoms. The van der Waals surface area contributed by atoms with Gasteiger partial charge in [0.1, 0.15) is 5.75 Å². The van der Waals surface area contributed by atoms with Crippen LogP contribution in [-0.2, 0) is 0 Å². The first-order valence-electron chi connectivity index (χ1n) is 5.75. The average molecular weight is 403 g/mol. The molecule has 6 heteroatoms. The van der Waals surface area contributed by atoms with Crippen LogP contribution in [0.1, 0.15) is 0 Å². The maximum atomic E-state index is 11.9. The van der Waals surface area contributed by atoms with Crippen molar-refractivity contribution in [3.8, 4) is 5.75 Å². The second-order valence-corrected chi connectivity index (χ2v) is 5.53. The van der Waals surface area contributed by atoms with Gasteiger partial charge in [-0.25, -0.2) is 4.79 Å². The molecule has 2 rings (SSSR count). The highest BCUT2D eigenvalue weighted by molar-refractivity contribution is 14.1. The number of hydrogen-bond donors (Lipinski definition) is 2. The van der Waals surface area contributed by atoms with E-state index in [9.17, 15) is 4.79 Å².